The highest BCUT2D eigenvalue weighted by Gasteiger charge is 2.38. The Kier molecular flexibility index (Phi) is 3.44. The molecule has 0 amide bonds. The second kappa shape index (κ2) is 5.06. The molecule has 2 aliphatic rings. The minimum absolute atomic E-state index is 0.703. The number of furan rings is 1. The van der Waals surface area contributed by atoms with E-state index in [2.05, 4.69) is 23.3 Å². The molecule has 3 rings (SSSR count). The van der Waals surface area contributed by atoms with Gasteiger partial charge >= 0.3 is 0 Å². The Hall–Kier alpha value is -0.800. The average Bonchev–Trinajstić information content (AvgIpc) is 3.00. The average molecular weight is 248 g/mol. The molecule has 2 heterocycles. The van der Waals surface area contributed by atoms with Crippen molar-refractivity contribution in [1.29, 1.82) is 0 Å². The van der Waals surface area contributed by atoms with Gasteiger partial charge in [0.15, 0.2) is 0 Å². The standard InChI is InChI=1S/C15H24N2O/c1-11-13(6-7-18-11)9-17(2)10-15-14-5-3-4-12(14)8-16-15/h6-7,12,14-16H,3-5,8-10H2,1-2H3. The largest absolute Gasteiger partial charge is 0.469 e. The number of hydrogen-bond donors (Lipinski definition) is 1. The molecule has 0 spiro atoms. The number of hydrogen-bond acceptors (Lipinski definition) is 3. The summed E-state index contributed by atoms with van der Waals surface area (Å²) in [6.07, 6.45) is 6.11. The fraction of sp³-hybridized carbons (Fsp3) is 0.733. The van der Waals surface area contributed by atoms with E-state index in [0.717, 1.165) is 30.7 Å². The van der Waals surface area contributed by atoms with Crippen LogP contribution in [-0.4, -0.2) is 31.1 Å². The molecular weight excluding hydrogens is 224 g/mol. The van der Waals surface area contributed by atoms with Gasteiger partial charge in [-0.2, -0.15) is 0 Å². The Balaban J connectivity index is 1.55. The van der Waals surface area contributed by atoms with Crippen LogP contribution in [-0.2, 0) is 6.54 Å². The Labute approximate surface area is 110 Å². The molecule has 1 aliphatic carbocycles. The lowest BCUT2D eigenvalue weighted by Gasteiger charge is -2.25. The van der Waals surface area contributed by atoms with E-state index < -0.39 is 0 Å². The topological polar surface area (TPSA) is 28.4 Å². The molecule has 18 heavy (non-hydrogen) atoms. The molecule has 3 nitrogen and oxygen atoms in total. The smallest absolute Gasteiger partial charge is 0.105 e. The van der Waals surface area contributed by atoms with Crippen LogP contribution < -0.4 is 5.32 Å². The molecule has 1 aromatic rings. The zero-order chi connectivity index (χ0) is 12.5. The number of likely N-dealkylation sites (N-methyl/N-ethyl adjacent to an activating group) is 1. The van der Waals surface area contributed by atoms with Crippen LogP contribution >= 0.6 is 0 Å². The van der Waals surface area contributed by atoms with Crippen molar-refractivity contribution in [3.05, 3.63) is 23.7 Å². The van der Waals surface area contributed by atoms with E-state index >= 15 is 0 Å². The van der Waals surface area contributed by atoms with E-state index in [1.165, 1.54) is 31.4 Å². The first-order chi connectivity index (χ1) is 8.74. The Bertz CT molecular complexity index is 401. The number of nitrogens with zero attached hydrogens (tertiary/aromatic N) is 1. The summed E-state index contributed by atoms with van der Waals surface area (Å²) in [5.74, 6) is 2.94. The third-order valence-corrected chi connectivity index (χ3v) is 4.79. The van der Waals surface area contributed by atoms with Gasteiger partial charge in [-0.05, 0) is 51.3 Å². The molecule has 1 saturated carbocycles. The summed E-state index contributed by atoms with van der Waals surface area (Å²) in [5.41, 5.74) is 1.32. The van der Waals surface area contributed by atoms with Gasteiger partial charge in [-0.15, -0.1) is 0 Å². The summed E-state index contributed by atoms with van der Waals surface area (Å²) in [6.45, 7) is 5.45. The van der Waals surface area contributed by atoms with Crippen molar-refractivity contribution in [1.82, 2.24) is 10.2 Å². The monoisotopic (exact) mass is 248 g/mol. The Morgan fingerprint density at radius 1 is 1.44 bits per heavy atom. The lowest BCUT2D eigenvalue weighted by molar-refractivity contribution is 0.258. The predicted molar refractivity (Wildman–Crippen MR) is 72.4 cm³/mol. The molecule has 1 aliphatic heterocycles. The van der Waals surface area contributed by atoms with E-state index in [4.69, 9.17) is 4.42 Å². The van der Waals surface area contributed by atoms with Crippen LogP contribution in [0.4, 0.5) is 0 Å². The van der Waals surface area contributed by atoms with Gasteiger partial charge in [-0.3, -0.25) is 0 Å². The first-order valence-electron chi connectivity index (χ1n) is 7.19. The Morgan fingerprint density at radius 2 is 2.33 bits per heavy atom. The molecule has 2 fully saturated rings. The molecule has 100 valence electrons. The minimum Gasteiger partial charge on any atom is -0.469 e. The molecule has 3 heteroatoms. The van der Waals surface area contributed by atoms with Crippen LogP contribution in [0.25, 0.3) is 0 Å². The van der Waals surface area contributed by atoms with E-state index in [1.54, 1.807) is 6.26 Å². The fourth-order valence-electron chi connectivity index (χ4n) is 3.77. The quantitative estimate of drug-likeness (QED) is 0.887. The van der Waals surface area contributed by atoms with Crippen LogP contribution in [0.3, 0.4) is 0 Å². The van der Waals surface area contributed by atoms with Crippen LogP contribution in [0.5, 0.6) is 0 Å². The second-order valence-electron chi connectivity index (χ2n) is 6.07. The second-order valence-corrected chi connectivity index (χ2v) is 6.07. The number of rotatable bonds is 4. The van der Waals surface area contributed by atoms with Gasteiger partial charge in [0.1, 0.15) is 5.76 Å². The van der Waals surface area contributed by atoms with Crippen molar-refractivity contribution in [2.45, 2.75) is 38.8 Å². The maximum Gasteiger partial charge on any atom is 0.105 e. The van der Waals surface area contributed by atoms with Crippen molar-refractivity contribution in [3.8, 4) is 0 Å². The van der Waals surface area contributed by atoms with Crippen molar-refractivity contribution in [3.63, 3.8) is 0 Å². The molecule has 3 unspecified atom stereocenters. The minimum atomic E-state index is 0.703. The van der Waals surface area contributed by atoms with Gasteiger partial charge in [0.05, 0.1) is 6.26 Å². The molecule has 1 saturated heterocycles. The van der Waals surface area contributed by atoms with Crippen LogP contribution in [0.1, 0.15) is 30.6 Å². The highest BCUT2D eigenvalue weighted by molar-refractivity contribution is 5.15. The van der Waals surface area contributed by atoms with Gasteiger partial charge in [0.2, 0.25) is 0 Å². The number of aryl methyl sites for hydroxylation is 1. The first kappa shape index (κ1) is 12.2. The highest BCUT2D eigenvalue weighted by atomic mass is 16.3. The molecule has 0 radical (unpaired) electrons. The van der Waals surface area contributed by atoms with Crippen molar-refractivity contribution < 1.29 is 4.42 Å². The summed E-state index contributed by atoms with van der Waals surface area (Å²) in [6, 6.07) is 2.79. The SMILES string of the molecule is Cc1occc1CN(C)CC1NCC2CCCC21. The lowest BCUT2D eigenvalue weighted by Crippen LogP contribution is -2.38. The van der Waals surface area contributed by atoms with Gasteiger partial charge in [-0.1, -0.05) is 6.42 Å². The normalized spacial score (nSPS) is 31.2. The zero-order valence-electron chi connectivity index (χ0n) is 11.5. The van der Waals surface area contributed by atoms with Crippen molar-refractivity contribution in [2.24, 2.45) is 11.8 Å². The van der Waals surface area contributed by atoms with Crippen LogP contribution in [0, 0.1) is 18.8 Å². The van der Waals surface area contributed by atoms with Crippen molar-refractivity contribution in [2.75, 3.05) is 20.1 Å². The third kappa shape index (κ3) is 2.34. The van der Waals surface area contributed by atoms with E-state index in [1.807, 2.05) is 6.92 Å². The molecule has 3 atom stereocenters. The number of nitrogens with one attached hydrogen (secondary N) is 1. The molecule has 1 aromatic heterocycles. The highest BCUT2D eigenvalue weighted by Crippen LogP contribution is 2.37. The van der Waals surface area contributed by atoms with Gasteiger partial charge < -0.3 is 14.6 Å². The molecule has 1 N–H and O–H groups in total. The summed E-state index contributed by atoms with van der Waals surface area (Å²) in [7, 11) is 2.22. The summed E-state index contributed by atoms with van der Waals surface area (Å²) in [5, 5.41) is 3.72. The van der Waals surface area contributed by atoms with Gasteiger partial charge in [0, 0.05) is 24.7 Å². The lowest BCUT2D eigenvalue weighted by atomic mass is 9.94. The van der Waals surface area contributed by atoms with E-state index in [0.29, 0.717) is 6.04 Å². The van der Waals surface area contributed by atoms with E-state index in [-0.39, 0.29) is 0 Å². The van der Waals surface area contributed by atoms with Crippen LogP contribution in [0.15, 0.2) is 16.7 Å². The summed E-state index contributed by atoms with van der Waals surface area (Å²) >= 11 is 0. The Morgan fingerprint density at radius 3 is 3.11 bits per heavy atom. The molecular formula is C15H24N2O. The first-order valence-corrected chi connectivity index (χ1v) is 7.19. The van der Waals surface area contributed by atoms with E-state index in [9.17, 15) is 0 Å². The van der Waals surface area contributed by atoms with Gasteiger partial charge in [-0.25, -0.2) is 0 Å². The van der Waals surface area contributed by atoms with Gasteiger partial charge in [0.25, 0.3) is 0 Å². The fourth-order valence-corrected chi connectivity index (χ4v) is 3.77. The molecule has 0 aromatic carbocycles. The predicted octanol–water partition coefficient (Wildman–Crippen LogP) is 2.41. The van der Waals surface area contributed by atoms with Crippen molar-refractivity contribution >= 4 is 0 Å². The number of fused-ring (bicyclic) bond motifs is 1. The maximum atomic E-state index is 5.36. The molecule has 0 bridgehead atoms. The van der Waals surface area contributed by atoms with Crippen LogP contribution in [0.2, 0.25) is 0 Å². The maximum absolute atomic E-state index is 5.36. The third-order valence-electron chi connectivity index (χ3n) is 4.79. The zero-order valence-corrected chi connectivity index (χ0v) is 11.5. The summed E-state index contributed by atoms with van der Waals surface area (Å²) < 4.78 is 5.36. The summed E-state index contributed by atoms with van der Waals surface area (Å²) in [4.78, 5) is 2.43.